The van der Waals surface area contributed by atoms with Crippen LogP contribution < -0.4 is 15.5 Å². The van der Waals surface area contributed by atoms with E-state index in [1.54, 1.807) is 12.1 Å². The summed E-state index contributed by atoms with van der Waals surface area (Å²) < 4.78 is 39.2. The molecule has 8 nitrogen and oxygen atoms in total. The topological polar surface area (TPSA) is 89.4 Å². The molecule has 0 spiro atoms. The maximum absolute atomic E-state index is 13.1. The van der Waals surface area contributed by atoms with Crippen molar-refractivity contribution in [2.24, 2.45) is 0 Å². The predicted octanol–water partition coefficient (Wildman–Crippen LogP) is 5.28. The van der Waals surface area contributed by atoms with E-state index in [1.807, 2.05) is 36.4 Å². The van der Waals surface area contributed by atoms with Crippen molar-refractivity contribution < 1.29 is 18.3 Å². The molecule has 0 atom stereocenters. The van der Waals surface area contributed by atoms with Crippen LogP contribution in [0, 0.1) is 0 Å². The summed E-state index contributed by atoms with van der Waals surface area (Å²) in [6.45, 7) is 4.36. The standard InChI is InChI=1S/C30H32F3N7O/c1-39-16-18-40(19-17-39)29-37-27(34-15-14-21-6-12-25(41)13-7-21)36-28(38-29)35-20-23-4-2-3-5-26(23)22-8-10-24(11-9-22)30(31,32)33/h2-13,41H,14-20H2,1H3,(H2,34,35,36,37,38). The van der Waals surface area contributed by atoms with E-state index in [2.05, 4.69) is 37.4 Å². The normalized spacial score (nSPS) is 14.2. The number of anilines is 3. The van der Waals surface area contributed by atoms with Crippen molar-refractivity contribution in [1.29, 1.82) is 0 Å². The molecule has 5 rings (SSSR count). The minimum Gasteiger partial charge on any atom is -0.508 e. The number of nitrogens with one attached hydrogen (secondary N) is 2. The van der Waals surface area contributed by atoms with Gasteiger partial charge < -0.3 is 25.5 Å². The highest BCUT2D eigenvalue weighted by molar-refractivity contribution is 5.68. The van der Waals surface area contributed by atoms with Crippen LogP contribution in [0.2, 0.25) is 0 Å². The summed E-state index contributed by atoms with van der Waals surface area (Å²) in [6, 6.07) is 19.8. The van der Waals surface area contributed by atoms with E-state index >= 15 is 0 Å². The Balaban J connectivity index is 1.33. The highest BCUT2D eigenvalue weighted by Gasteiger charge is 2.30. The van der Waals surface area contributed by atoms with Gasteiger partial charge in [-0.3, -0.25) is 0 Å². The van der Waals surface area contributed by atoms with Gasteiger partial charge >= 0.3 is 6.18 Å². The van der Waals surface area contributed by atoms with Crippen molar-refractivity contribution in [3.63, 3.8) is 0 Å². The van der Waals surface area contributed by atoms with Crippen LogP contribution in [-0.4, -0.2) is 64.7 Å². The number of phenols is 1. The van der Waals surface area contributed by atoms with Gasteiger partial charge in [0.05, 0.1) is 5.56 Å². The number of piperazine rings is 1. The zero-order chi connectivity index (χ0) is 28.8. The quantitative estimate of drug-likeness (QED) is 0.254. The Morgan fingerprint density at radius 2 is 1.46 bits per heavy atom. The molecule has 1 aromatic heterocycles. The molecule has 11 heteroatoms. The lowest BCUT2D eigenvalue weighted by molar-refractivity contribution is -0.137. The summed E-state index contributed by atoms with van der Waals surface area (Å²) in [4.78, 5) is 18.4. The molecule has 0 aliphatic carbocycles. The maximum Gasteiger partial charge on any atom is 0.416 e. The van der Waals surface area contributed by atoms with Gasteiger partial charge in [0.25, 0.3) is 0 Å². The SMILES string of the molecule is CN1CCN(c2nc(NCCc3ccc(O)cc3)nc(NCc3ccccc3-c3ccc(C(F)(F)F)cc3)n2)CC1. The highest BCUT2D eigenvalue weighted by atomic mass is 19.4. The third-order valence-electron chi connectivity index (χ3n) is 7.02. The first-order valence-corrected chi connectivity index (χ1v) is 13.5. The van der Waals surface area contributed by atoms with Gasteiger partial charge in [0.1, 0.15) is 5.75 Å². The monoisotopic (exact) mass is 563 g/mol. The molecule has 0 saturated carbocycles. The van der Waals surface area contributed by atoms with Crippen molar-refractivity contribution in [2.45, 2.75) is 19.1 Å². The van der Waals surface area contributed by atoms with Gasteiger partial charge in [-0.1, -0.05) is 48.5 Å². The number of hydrogen-bond donors (Lipinski definition) is 3. The van der Waals surface area contributed by atoms with E-state index in [0.717, 1.165) is 61.4 Å². The number of hydrogen-bond acceptors (Lipinski definition) is 8. The fourth-order valence-corrected chi connectivity index (χ4v) is 4.62. The average Bonchev–Trinajstić information content (AvgIpc) is 2.97. The number of phenolic OH excluding ortho intramolecular Hbond substituents is 1. The number of aromatic hydroxyl groups is 1. The summed E-state index contributed by atoms with van der Waals surface area (Å²) >= 11 is 0. The second-order valence-corrected chi connectivity index (χ2v) is 10.0. The second kappa shape index (κ2) is 12.4. The molecule has 0 unspecified atom stereocenters. The molecule has 4 aromatic rings. The molecule has 3 N–H and O–H groups in total. The molecule has 0 amide bonds. The Kier molecular flexibility index (Phi) is 8.53. The summed E-state index contributed by atoms with van der Waals surface area (Å²) in [7, 11) is 2.09. The smallest absolute Gasteiger partial charge is 0.416 e. The molecule has 1 aliphatic rings. The Morgan fingerprint density at radius 1 is 0.805 bits per heavy atom. The molecule has 214 valence electrons. The van der Waals surface area contributed by atoms with Crippen LogP contribution in [0.5, 0.6) is 5.75 Å². The summed E-state index contributed by atoms with van der Waals surface area (Å²) in [6.07, 6.45) is -3.66. The minimum absolute atomic E-state index is 0.228. The maximum atomic E-state index is 13.1. The van der Waals surface area contributed by atoms with Gasteiger partial charge in [0, 0.05) is 39.3 Å². The largest absolute Gasteiger partial charge is 0.508 e. The zero-order valence-corrected chi connectivity index (χ0v) is 22.7. The van der Waals surface area contributed by atoms with Crippen LogP contribution in [0.3, 0.4) is 0 Å². The number of halogens is 3. The number of likely N-dealkylation sites (N-methyl/N-ethyl adjacent to an activating group) is 1. The van der Waals surface area contributed by atoms with Crippen LogP contribution in [0.1, 0.15) is 16.7 Å². The number of nitrogens with zero attached hydrogens (tertiary/aromatic N) is 5. The predicted molar refractivity (Wildman–Crippen MR) is 154 cm³/mol. The average molecular weight is 564 g/mol. The summed E-state index contributed by atoms with van der Waals surface area (Å²) in [5.74, 6) is 1.67. The van der Waals surface area contributed by atoms with Crippen LogP contribution in [0.25, 0.3) is 11.1 Å². The number of alkyl halides is 3. The minimum atomic E-state index is -4.38. The van der Waals surface area contributed by atoms with Gasteiger partial charge in [-0.2, -0.15) is 28.1 Å². The number of benzene rings is 3. The van der Waals surface area contributed by atoms with E-state index < -0.39 is 11.7 Å². The summed E-state index contributed by atoms with van der Waals surface area (Å²) in [5, 5.41) is 16.1. The van der Waals surface area contributed by atoms with E-state index in [9.17, 15) is 18.3 Å². The first-order valence-electron chi connectivity index (χ1n) is 13.5. The van der Waals surface area contributed by atoms with Crippen molar-refractivity contribution in [3.05, 3.63) is 89.5 Å². The van der Waals surface area contributed by atoms with E-state index in [0.29, 0.717) is 36.5 Å². The molecule has 3 aromatic carbocycles. The molecule has 1 fully saturated rings. The van der Waals surface area contributed by atoms with E-state index in [1.165, 1.54) is 12.1 Å². The molecule has 1 saturated heterocycles. The van der Waals surface area contributed by atoms with Gasteiger partial charge in [-0.25, -0.2) is 0 Å². The Hall–Kier alpha value is -4.38. The molecule has 1 aliphatic heterocycles. The number of aromatic nitrogens is 3. The third kappa shape index (κ3) is 7.43. The molecule has 0 radical (unpaired) electrons. The lowest BCUT2D eigenvalue weighted by atomic mass is 9.98. The number of rotatable bonds is 9. The fourth-order valence-electron chi connectivity index (χ4n) is 4.62. The lowest BCUT2D eigenvalue weighted by Crippen LogP contribution is -2.45. The molecule has 41 heavy (non-hydrogen) atoms. The Bertz CT molecular complexity index is 1440. The van der Waals surface area contributed by atoms with Crippen LogP contribution >= 0.6 is 0 Å². The molecule has 0 bridgehead atoms. The van der Waals surface area contributed by atoms with E-state index in [4.69, 9.17) is 4.98 Å². The Morgan fingerprint density at radius 3 is 2.15 bits per heavy atom. The second-order valence-electron chi connectivity index (χ2n) is 10.0. The summed E-state index contributed by atoms with van der Waals surface area (Å²) in [5.41, 5.74) is 2.82. The van der Waals surface area contributed by atoms with Gasteiger partial charge in [-0.05, 0) is 60.0 Å². The fraction of sp³-hybridized carbons (Fsp3) is 0.300. The molecular weight excluding hydrogens is 531 g/mol. The third-order valence-corrected chi connectivity index (χ3v) is 7.02. The van der Waals surface area contributed by atoms with Crippen molar-refractivity contribution in [3.8, 4) is 16.9 Å². The van der Waals surface area contributed by atoms with Gasteiger partial charge in [0.15, 0.2) is 0 Å². The van der Waals surface area contributed by atoms with Crippen molar-refractivity contribution in [1.82, 2.24) is 19.9 Å². The Labute approximate surface area is 236 Å². The van der Waals surface area contributed by atoms with Crippen molar-refractivity contribution >= 4 is 17.8 Å². The molecule has 2 heterocycles. The first kappa shape index (κ1) is 28.2. The van der Waals surface area contributed by atoms with Crippen LogP contribution in [-0.2, 0) is 19.1 Å². The van der Waals surface area contributed by atoms with E-state index in [-0.39, 0.29) is 5.75 Å². The van der Waals surface area contributed by atoms with Gasteiger partial charge in [0.2, 0.25) is 17.8 Å². The van der Waals surface area contributed by atoms with Crippen LogP contribution in [0.4, 0.5) is 31.0 Å². The first-order chi connectivity index (χ1) is 19.7. The lowest BCUT2D eigenvalue weighted by Gasteiger charge is -2.32. The van der Waals surface area contributed by atoms with Crippen LogP contribution in [0.15, 0.2) is 72.8 Å². The van der Waals surface area contributed by atoms with Crippen molar-refractivity contribution in [2.75, 3.05) is 55.3 Å². The highest BCUT2D eigenvalue weighted by Crippen LogP contribution is 2.32. The van der Waals surface area contributed by atoms with Gasteiger partial charge in [-0.15, -0.1) is 0 Å². The zero-order valence-electron chi connectivity index (χ0n) is 22.7. The molecular formula is C30H32F3N7O.